The molecular weight excluding hydrogens is 244 g/mol. The van der Waals surface area contributed by atoms with Gasteiger partial charge in [0.05, 0.1) is 0 Å². The standard InChI is InChI=1S/3ClH.In.Na.4H/h3*1H;;;;;;. The third-order valence-corrected chi connectivity index (χ3v) is 0. The van der Waals surface area contributed by atoms with Gasteiger partial charge >= 0.3 is 55.4 Å². The Kier molecular flexibility index (Phi) is 277. The van der Waals surface area contributed by atoms with Crippen LogP contribution in [0, 0.1) is 0 Å². The van der Waals surface area contributed by atoms with Gasteiger partial charge in [0.2, 0.25) is 0 Å². The van der Waals surface area contributed by atoms with Crippen LogP contribution in [0.15, 0.2) is 0 Å². The molecule has 0 N–H and O–H groups in total. The monoisotopic (exact) mass is 250 g/mol. The Balaban J connectivity index is 0. The van der Waals surface area contributed by atoms with Gasteiger partial charge in [-0.25, -0.2) is 0 Å². The minimum absolute atomic E-state index is 0. The molecule has 0 aromatic carbocycles. The van der Waals surface area contributed by atoms with Crippen LogP contribution in [0.5, 0.6) is 0 Å². The second kappa shape index (κ2) is 29.6. The summed E-state index contributed by atoms with van der Waals surface area (Å²) in [6, 6.07) is 0. The van der Waals surface area contributed by atoms with E-state index in [0.717, 1.165) is 0 Å². The summed E-state index contributed by atoms with van der Waals surface area (Å²) >= 11 is 0. The van der Waals surface area contributed by atoms with Crippen molar-refractivity contribution in [1.29, 1.82) is 0 Å². The van der Waals surface area contributed by atoms with Crippen LogP contribution in [-0.4, -0.2) is 55.4 Å². The Bertz CT molecular complexity index is 6.85. The van der Waals surface area contributed by atoms with Crippen molar-refractivity contribution in [3.63, 3.8) is 0 Å². The fourth-order valence-corrected chi connectivity index (χ4v) is 0. The topological polar surface area (TPSA) is 0 Å². The first kappa shape index (κ1) is 46.8. The van der Waals surface area contributed by atoms with Crippen LogP contribution in [0.2, 0.25) is 0 Å². The summed E-state index contributed by atoms with van der Waals surface area (Å²) in [5, 5.41) is 0. The van der Waals surface area contributed by atoms with E-state index in [-0.39, 0.29) is 92.6 Å². The van der Waals surface area contributed by atoms with Crippen LogP contribution in [0.3, 0.4) is 0 Å². The van der Waals surface area contributed by atoms with Crippen molar-refractivity contribution in [2.24, 2.45) is 0 Å². The van der Waals surface area contributed by atoms with Gasteiger partial charge in [-0.05, 0) is 0 Å². The molecule has 0 bridgehead atoms. The van der Waals surface area contributed by atoms with E-state index in [1.807, 2.05) is 0 Å². The summed E-state index contributed by atoms with van der Waals surface area (Å²) in [5.74, 6) is 0. The summed E-state index contributed by atoms with van der Waals surface area (Å²) < 4.78 is 0. The van der Waals surface area contributed by atoms with Crippen molar-refractivity contribution in [2.45, 2.75) is 0 Å². The number of halogens is 3. The third kappa shape index (κ3) is 20.2. The summed E-state index contributed by atoms with van der Waals surface area (Å²) in [5.41, 5.74) is 0. The van der Waals surface area contributed by atoms with Gasteiger partial charge < -0.3 is 0 Å². The molecule has 0 aromatic heterocycles. The van der Waals surface area contributed by atoms with Gasteiger partial charge in [-0.1, -0.05) is 0 Å². The van der Waals surface area contributed by atoms with Gasteiger partial charge in [-0.3, -0.25) is 0 Å². The zero-order valence-corrected chi connectivity index (χ0v) is 3.67. The Labute approximate surface area is 91.1 Å². The molecule has 0 saturated carbocycles. The van der Waals surface area contributed by atoms with Crippen LogP contribution in [0.25, 0.3) is 0 Å². The second-order valence-corrected chi connectivity index (χ2v) is 0. The predicted octanol–water partition coefficient (Wildman–Crippen LogP) is -0.567. The fourth-order valence-electron chi connectivity index (χ4n) is 0. The van der Waals surface area contributed by atoms with Crippen LogP contribution < -0.4 is 0 Å². The molecule has 0 aliphatic heterocycles. The third-order valence-electron chi connectivity index (χ3n) is 0. The maximum absolute atomic E-state index is 0. The van der Waals surface area contributed by atoms with E-state index in [4.69, 9.17) is 0 Å². The summed E-state index contributed by atoms with van der Waals surface area (Å²) in [6.07, 6.45) is 0. The van der Waals surface area contributed by atoms with E-state index in [1.54, 1.807) is 0 Å². The Morgan fingerprint density at radius 2 is 0.600 bits per heavy atom. The molecule has 0 aromatic rings. The zero-order chi connectivity index (χ0) is 0. The summed E-state index contributed by atoms with van der Waals surface area (Å²) in [7, 11) is 0. The first-order valence-corrected chi connectivity index (χ1v) is 0. The Hall–Kier alpha value is 2.74. The van der Waals surface area contributed by atoms with E-state index in [9.17, 15) is 0 Å². The van der Waals surface area contributed by atoms with Gasteiger partial charge in [-0.2, -0.15) is 0 Å². The number of hydrogen-bond acceptors (Lipinski definition) is 0. The normalized spacial score (nSPS) is 0. The van der Waals surface area contributed by atoms with E-state index in [2.05, 4.69) is 0 Å². The molecule has 5 heteroatoms. The number of rotatable bonds is 0. The average molecular weight is 251 g/mol. The summed E-state index contributed by atoms with van der Waals surface area (Å²) in [6.45, 7) is 0. The maximum atomic E-state index is 0. The molecule has 0 unspecified atom stereocenters. The molecule has 5 heavy (non-hydrogen) atoms. The Morgan fingerprint density at radius 1 is 0.600 bits per heavy atom. The van der Waals surface area contributed by atoms with Crippen LogP contribution in [0.4, 0.5) is 0 Å². The van der Waals surface area contributed by atoms with Crippen LogP contribution in [-0.2, 0) is 0 Å². The summed E-state index contributed by atoms with van der Waals surface area (Å²) in [4.78, 5) is 0. The van der Waals surface area contributed by atoms with E-state index < -0.39 is 0 Å². The molecule has 0 heterocycles. The van der Waals surface area contributed by atoms with E-state index in [1.165, 1.54) is 0 Å². The van der Waals surface area contributed by atoms with Gasteiger partial charge in [0.15, 0.2) is 0 Å². The molecule has 0 nitrogen and oxygen atoms in total. The second-order valence-electron chi connectivity index (χ2n) is 0. The van der Waals surface area contributed by atoms with E-state index >= 15 is 0 Å². The van der Waals surface area contributed by atoms with Crippen molar-refractivity contribution < 1.29 is 0 Å². The number of hydrogen-bond donors (Lipinski definition) is 0. The molecule has 0 rings (SSSR count). The SMILES string of the molecule is Cl.Cl.Cl.[InH3].[NaH]. The molecule has 0 fully saturated rings. The molecule has 0 aliphatic rings. The molecular formula is H7Cl3InNa. The van der Waals surface area contributed by atoms with Gasteiger partial charge in [0.25, 0.3) is 0 Å². The average Bonchev–Trinajstić information content (AvgIpc) is 0. The molecule has 32 valence electrons. The van der Waals surface area contributed by atoms with Crippen LogP contribution in [0.1, 0.15) is 0 Å². The molecule has 0 radical (unpaired) electrons. The van der Waals surface area contributed by atoms with Crippen molar-refractivity contribution >= 4 is 92.6 Å². The Morgan fingerprint density at radius 3 is 0.600 bits per heavy atom. The van der Waals surface area contributed by atoms with Gasteiger partial charge in [-0.15, -0.1) is 37.2 Å². The zero-order valence-electron chi connectivity index (χ0n) is 1.22. The minimum atomic E-state index is 0. The molecule has 0 spiro atoms. The molecule has 0 aliphatic carbocycles. The molecule has 0 amide bonds. The van der Waals surface area contributed by atoms with Crippen molar-refractivity contribution in [1.82, 2.24) is 0 Å². The van der Waals surface area contributed by atoms with Crippen LogP contribution >= 0.6 is 37.2 Å². The van der Waals surface area contributed by atoms with Gasteiger partial charge in [0, 0.05) is 0 Å². The van der Waals surface area contributed by atoms with E-state index in [0.29, 0.717) is 0 Å². The van der Waals surface area contributed by atoms with Crippen molar-refractivity contribution in [3.8, 4) is 0 Å². The molecule has 0 atom stereocenters. The molecule has 0 saturated heterocycles. The first-order valence-electron chi connectivity index (χ1n) is 0. The van der Waals surface area contributed by atoms with Crippen molar-refractivity contribution in [3.05, 3.63) is 0 Å². The first-order chi connectivity index (χ1) is 0. The van der Waals surface area contributed by atoms with Gasteiger partial charge in [0.1, 0.15) is 0 Å². The quantitative estimate of drug-likeness (QED) is 0.506. The van der Waals surface area contributed by atoms with Crippen molar-refractivity contribution in [2.75, 3.05) is 0 Å². The fraction of sp³-hybridized carbons (Fsp3) is 0. The predicted molar refractivity (Wildman–Crippen MR) is 38.8 cm³/mol.